The van der Waals surface area contributed by atoms with Gasteiger partial charge in [0, 0.05) is 12.8 Å². The van der Waals surface area contributed by atoms with Crippen LogP contribution in [0.1, 0.15) is 129 Å². The van der Waals surface area contributed by atoms with Crippen molar-refractivity contribution in [3.63, 3.8) is 0 Å². The molecular weight excluding hydrogens is 344 g/mol. The highest BCUT2D eigenvalue weighted by Crippen LogP contribution is 2.14. The van der Waals surface area contributed by atoms with E-state index in [-0.39, 0.29) is 12.1 Å². The fraction of sp³-hybridized carbons (Fsp3) is 0.808. The van der Waals surface area contributed by atoms with Gasteiger partial charge < -0.3 is 4.74 Å². The number of hydrogen-bond donors (Lipinski definition) is 0. The number of rotatable bonds is 0. The zero-order valence-corrected chi connectivity index (χ0v) is 18.6. The van der Waals surface area contributed by atoms with Gasteiger partial charge in [-0.25, -0.2) is 0 Å². The van der Waals surface area contributed by atoms with Gasteiger partial charge >= 0.3 is 5.97 Å². The number of carbonyl (C=O) groups excluding carboxylic acids is 1. The lowest BCUT2D eigenvalue weighted by Gasteiger charge is -2.11. The molecule has 2 nitrogen and oxygen atoms in total. The summed E-state index contributed by atoms with van der Waals surface area (Å²) in [6.45, 7) is 2.00. The van der Waals surface area contributed by atoms with Crippen LogP contribution in [-0.4, -0.2) is 12.1 Å². The monoisotopic (exact) mass is 390 g/mol. The average Bonchev–Trinajstić information content (AvgIpc) is 2.67. The molecule has 0 aliphatic carbocycles. The summed E-state index contributed by atoms with van der Waals surface area (Å²) in [6.07, 6.45) is 32.6. The third-order valence-electron chi connectivity index (χ3n) is 5.64. The highest BCUT2D eigenvalue weighted by Gasteiger charge is 2.07. The highest BCUT2D eigenvalue weighted by atomic mass is 16.5. The van der Waals surface area contributed by atoms with Gasteiger partial charge in [-0.05, 0) is 39.0 Å². The summed E-state index contributed by atoms with van der Waals surface area (Å²) in [7, 11) is 0. The molecule has 2 heteroatoms. The Labute approximate surface area is 175 Å². The molecule has 28 heavy (non-hydrogen) atoms. The van der Waals surface area contributed by atoms with Gasteiger partial charge in [0.15, 0.2) is 0 Å². The second-order valence-electron chi connectivity index (χ2n) is 8.54. The topological polar surface area (TPSA) is 26.3 Å². The minimum absolute atomic E-state index is 0.00199. The molecule has 1 aliphatic rings. The van der Waals surface area contributed by atoms with Crippen LogP contribution in [-0.2, 0) is 9.53 Å². The highest BCUT2D eigenvalue weighted by molar-refractivity contribution is 5.69. The fourth-order valence-electron chi connectivity index (χ4n) is 3.82. The normalized spacial score (nSPS) is 26.8. The Balaban J connectivity index is 2.23. The number of carbonyl (C=O) groups is 1. The summed E-state index contributed by atoms with van der Waals surface area (Å²) in [6, 6.07) is 0. The van der Waals surface area contributed by atoms with Gasteiger partial charge in [0.2, 0.25) is 0 Å². The third-order valence-corrected chi connectivity index (χ3v) is 5.64. The van der Waals surface area contributed by atoms with E-state index >= 15 is 0 Å². The molecule has 1 rings (SSSR count). The Morgan fingerprint density at radius 3 is 1.61 bits per heavy atom. The van der Waals surface area contributed by atoms with Crippen molar-refractivity contribution in [2.45, 2.75) is 135 Å². The molecule has 1 heterocycles. The molecule has 0 spiro atoms. The lowest BCUT2D eigenvalue weighted by molar-refractivity contribution is -0.148. The maximum atomic E-state index is 11.9. The lowest BCUT2D eigenvalue weighted by atomic mass is 10.0. The van der Waals surface area contributed by atoms with Crippen LogP contribution in [0.2, 0.25) is 0 Å². The van der Waals surface area contributed by atoms with Gasteiger partial charge in [-0.2, -0.15) is 0 Å². The first-order valence-electron chi connectivity index (χ1n) is 12.3. The van der Waals surface area contributed by atoms with Crippen molar-refractivity contribution in [1.82, 2.24) is 0 Å². The van der Waals surface area contributed by atoms with Crippen LogP contribution in [0, 0.1) is 0 Å². The largest absolute Gasteiger partial charge is 0.462 e. The zero-order chi connectivity index (χ0) is 20.1. The van der Waals surface area contributed by atoms with Crippen molar-refractivity contribution in [3.8, 4) is 0 Å². The van der Waals surface area contributed by atoms with E-state index in [1.807, 2.05) is 6.92 Å². The Morgan fingerprint density at radius 2 is 1.04 bits per heavy atom. The van der Waals surface area contributed by atoms with Crippen LogP contribution >= 0.6 is 0 Å². The van der Waals surface area contributed by atoms with Gasteiger partial charge in [0.05, 0.1) is 0 Å². The SMILES string of the molecule is C[C@H]1C/C=C/CC/C=C/CCCCCCCCCCCCCCCCC(=O)O1. The predicted molar refractivity (Wildman–Crippen MR) is 122 cm³/mol. The molecule has 0 unspecified atom stereocenters. The smallest absolute Gasteiger partial charge is 0.306 e. The van der Waals surface area contributed by atoms with Crippen LogP contribution in [0.5, 0.6) is 0 Å². The van der Waals surface area contributed by atoms with Crippen LogP contribution < -0.4 is 0 Å². The van der Waals surface area contributed by atoms with Crippen LogP contribution in [0.25, 0.3) is 0 Å². The predicted octanol–water partition coefficient (Wildman–Crippen LogP) is 8.46. The Hall–Kier alpha value is -1.05. The Morgan fingerprint density at radius 1 is 0.607 bits per heavy atom. The summed E-state index contributed by atoms with van der Waals surface area (Å²) >= 11 is 0. The van der Waals surface area contributed by atoms with E-state index in [0.29, 0.717) is 6.42 Å². The first-order valence-corrected chi connectivity index (χ1v) is 12.3. The molecule has 0 amide bonds. The molecule has 0 saturated heterocycles. The number of cyclic esters (lactones) is 1. The molecule has 0 saturated carbocycles. The van der Waals surface area contributed by atoms with E-state index in [1.54, 1.807) is 0 Å². The van der Waals surface area contributed by atoms with E-state index in [4.69, 9.17) is 4.74 Å². The summed E-state index contributed by atoms with van der Waals surface area (Å²) in [5, 5.41) is 0. The first kappa shape index (κ1) is 25.0. The second kappa shape index (κ2) is 19.3. The molecule has 162 valence electrons. The minimum atomic E-state index is -0.0229. The van der Waals surface area contributed by atoms with Gasteiger partial charge in [-0.15, -0.1) is 0 Å². The molecule has 0 fully saturated rings. The van der Waals surface area contributed by atoms with Crippen molar-refractivity contribution in [3.05, 3.63) is 24.3 Å². The molecular formula is C26H46O2. The molecule has 0 radical (unpaired) electrons. The minimum Gasteiger partial charge on any atom is -0.462 e. The number of ether oxygens (including phenoxy) is 1. The fourth-order valence-corrected chi connectivity index (χ4v) is 3.82. The van der Waals surface area contributed by atoms with Gasteiger partial charge in [0.1, 0.15) is 6.10 Å². The molecule has 0 aromatic rings. The van der Waals surface area contributed by atoms with E-state index in [0.717, 1.165) is 32.1 Å². The maximum Gasteiger partial charge on any atom is 0.306 e. The number of hydrogen-bond acceptors (Lipinski definition) is 2. The van der Waals surface area contributed by atoms with Crippen molar-refractivity contribution < 1.29 is 9.53 Å². The van der Waals surface area contributed by atoms with Crippen molar-refractivity contribution in [1.29, 1.82) is 0 Å². The molecule has 0 aromatic carbocycles. The second-order valence-corrected chi connectivity index (χ2v) is 8.54. The molecule has 1 aliphatic heterocycles. The van der Waals surface area contributed by atoms with Crippen molar-refractivity contribution >= 4 is 5.97 Å². The Kier molecular flexibility index (Phi) is 17.2. The van der Waals surface area contributed by atoms with Gasteiger partial charge in [-0.1, -0.05) is 101 Å². The van der Waals surface area contributed by atoms with Crippen molar-refractivity contribution in [2.24, 2.45) is 0 Å². The molecule has 0 bridgehead atoms. The summed E-state index contributed by atoms with van der Waals surface area (Å²) in [4.78, 5) is 11.9. The standard InChI is InChI=1S/C26H46O2/c1-25-23-21-19-17-15-13-11-9-7-5-3-2-4-6-8-10-12-14-16-18-20-22-24-26(27)28-25/h11,13,19,21,25H,2-10,12,14-18,20,22-24H2,1H3/b13-11+,21-19+/t25-/m0/s1. The van der Waals surface area contributed by atoms with E-state index in [2.05, 4.69) is 24.3 Å². The zero-order valence-electron chi connectivity index (χ0n) is 18.6. The van der Waals surface area contributed by atoms with Crippen LogP contribution in [0.4, 0.5) is 0 Å². The lowest BCUT2D eigenvalue weighted by Crippen LogP contribution is -2.13. The number of esters is 1. The quantitative estimate of drug-likeness (QED) is 0.306. The van der Waals surface area contributed by atoms with Gasteiger partial charge in [-0.3, -0.25) is 4.79 Å². The number of allylic oxidation sites excluding steroid dienone is 3. The summed E-state index contributed by atoms with van der Waals surface area (Å²) < 4.78 is 5.51. The van der Waals surface area contributed by atoms with E-state index < -0.39 is 0 Å². The van der Waals surface area contributed by atoms with Crippen molar-refractivity contribution in [2.75, 3.05) is 0 Å². The molecule has 0 N–H and O–H groups in total. The average molecular weight is 391 g/mol. The molecule has 1 atom stereocenters. The van der Waals surface area contributed by atoms with E-state index in [1.165, 1.54) is 83.5 Å². The van der Waals surface area contributed by atoms with Crippen LogP contribution in [0.15, 0.2) is 24.3 Å². The maximum absolute atomic E-state index is 11.9. The Bertz CT molecular complexity index is 411. The van der Waals surface area contributed by atoms with E-state index in [9.17, 15) is 4.79 Å². The first-order chi connectivity index (χ1) is 13.8. The molecule has 0 aromatic heterocycles. The third kappa shape index (κ3) is 17.1. The summed E-state index contributed by atoms with van der Waals surface area (Å²) in [5.74, 6) is -0.0229. The summed E-state index contributed by atoms with van der Waals surface area (Å²) in [5.41, 5.74) is 0. The van der Waals surface area contributed by atoms with Gasteiger partial charge in [0.25, 0.3) is 0 Å². The van der Waals surface area contributed by atoms with Crippen LogP contribution in [0.3, 0.4) is 0 Å².